The zero-order chi connectivity index (χ0) is 16.8. The van der Waals surface area contributed by atoms with Gasteiger partial charge in [-0.15, -0.1) is 0 Å². The number of benzene rings is 1. The van der Waals surface area contributed by atoms with E-state index in [4.69, 9.17) is 11.6 Å². The normalized spacial score (nSPS) is 19.5. The van der Waals surface area contributed by atoms with Gasteiger partial charge in [-0.05, 0) is 50.3 Å². The highest BCUT2D eigenvalue weighted by Gasteiger charge is 2.17. The average molecular weight is 350 g/mol. The number of piperidine rings is 1. The Morgan fingerprint density at radius 1 is 0.875 bits per heavy atom. The van der Waals surface area contributed by atoms with Gasteiger partial charge in [0.15, 0.2) is 0 Å². The first-order valence-electron chi connectivity index (χ1n) is 9.34. The molecule has 2 aliphatic heterocycles. The molecule has 1 N–H and O–H groups in total. The van der Waals surface area contributed by atoms with Crippen LogP contribution in [0.4, 0.5) is 16.2 Å². The summed E-state index contributed by atoms with van der Waals surface area (Å²) in [5.41, 5.74) is 1.87. The molecule has 2 amide bonds. The molecule has 2 heterocycles. The lowest BCUT2D eigenvalue weighted by Crippen LogP contribution is -2.37. The third kappa shape index (κ3) is 4.56. The predicted octanol–water partition coefficient (Wildman–Crippen LogP) is 5.13. The lowest BCUT2D eigenvalue weighted by Gasteiger charge is -2.30. The molecule has 5 heteroatoms. The fourth-order valence-electron chi connectivity index (χ4n) is 3.63. The maximum Gasteiger partial charge on any atom is 0.321 e. The number of anilines is 2. The van der Waals surface area contributed by atoms with Crippen molar-refractivity contribution in [3.05, 3.63) is 23.2 Å². The first-order valence-corrected chi connectivity index (χ1v) is 9.72. The van der Waals surface area contributed by atoms with Gasteiger partial charge in [-0.1, -0.05) is 30.9 Å². The minimum atomic E-state index is -0.00121. The number of nitrogens with zero attached hydrogens (tertiary/aromatic N) is 2. The van der Waals surface area contributed by atoms with Crippen molar-refractivity contribution < 1.29 is 4.79 Å². The summed E-state index contributed by atoms with van der Waals surface area (Å²) in [7, 11) is 0. The van der Waals surface area contributed by atoms with E-state index in [0.29, 0.717) is 0 Å². The Hall–Kier alpha value is -1.42. The summed E-state index contributed by atoms with van der Waals surface area (Å²) >= 11 is 6.47. The molecule has 24 heavy (non-hydrogen) atoms. The van der Waals surface area contributed by atoms with E-state index in [1.54, 1.807) is 0 Å². The van der Waals surface area contributed by atoms with Crippen molar-refractivity contribution in [2.75, 3.05) is 36.4 Å². The standard InChI is InChI=1S/C19H28ClN3O/c20-17-15-16(9-10-18(17)22-11-7-4-8-12-22)21-19(24)23-13-5-2-1-3-6-14-23/h9-10,15H,1-8,11-14H2,(H,21,24). The molecule has 2 saturated heterocycles. The van der Waals surface area contributed by atoms with Crippen molar-refractivity contribution in [1.82, 2.24) is 4.90 Å². The molecule has 2 fully saturated rings. The minimum Gasteiger partial charge on any atom is -0.370 e. The first kappa shape index (κ1) is 17.4. The SMILES string of the molecule is O=C(Nc1ccc(N2CCCCC2)c(Cl)c1)N1CCCCCCC1. The second-order valence-corrected chi connectivity index (χ2v) is 7.31. The maximum atomic E-state index is 12.5. The molecular formula is C19H28ClN3O. The molecule has 3 rings (SSSR count). The number of likely N-dealkylation sites (tertiary alicyclic amines) is 1. The molecule has 0 atom stereocenters. The van der Waals surface area contributed by atoms with Gasteiger partial charge in [0.1, 0.15) is 0 Å². The van der Waals surface area contributed by atoms with Gasteiger partial charge in [-0.3, -0.25) is 0 Å². The van der Waals surface area contributed by atoms with Crippen molar-refractivity contribution in [2.24, 2.45) is 0 Å². The third-order valence-electron chi connectivity index (χ3n) is 5.04. The van der Waals surface area contributed by atoms with Gasteiger partial charge in [0.2, 0.25) is 0 Å². The molecule has 0 bridgehead atoms. The van der Waals surface area contributed by atoms with Gasteiger partial charge in [0, 0.05) is 31.9 Å². The number of urea groups is 1. The molecular weight excluding hydrogens is 322 g/mol. The number of hydrogen-bond acceptors (Lipinski definition) is 2. The van der Waals surface area contributed by atoms with Crippen LogP contribution >= 0.6 is 11.6 Å². The van der Waals surface area contributed by atoms with E-state index >= 15 is 0 Å². The van der Waals surface area contributed by atoms with Gasteiger partial charge in [-0.25, -0.2) is 4.79 Å². The van der Waals surface area contributed by atoms with Crippen LogP contribution in [0.2, 0.25) is 5.02 Å². The highest BCUT2D eigenvalue weighted by atomic mass is 35.5. The number of amides is 2. The Balaban J connectivity index is 1.62. The fraction of sp³-hybridized carbons (Fsp3) is 0.632. The van der Waals surface area contributed by atoms with E-state index in [-0.39, 0.29) is 6.03 Å². The molecule has 0 aliphatic carbocycles. The van der Waals surface area contributed by atoms with Gasteiger partial charge in [-0.2, -0.15) is 0 Å². The molecule has 4 nitrogen and oxygen atoms in total. The predicted molar refractivity (Wildman–Crippen MR) is 101 cm³/mol. The quantitative estimate of drug-likeness (QED) is 0.803. The molecule has 0 radical (unpaired) electrons. The molecule has 0 aromatic heterocycles. The van der Waals surface area contributed by atoms with E-state index in [1.165, 1.54) is 38.5 Å². The summed E-state index contributed by atoms with van der Waals surface area (Å²) in [6, 6.07) is 5.89. The molecule has 132 valence electrons. The monoisotopic (exact) mass is 349 g/mol. The molecule has 1 aromatic rings. The van der Waals surface area contributed by atoms with Gasteiger partial charge in [0.25, 0.3) is 0 Å². The minimum absolute atomic E-state index is 0.00121. The second kappa shape index (κ2) is 8.61. The largest absolute Gasteiger partial charge is 0.370 e. The highest BCUT2D eigenvalue weighted by molar-refractivity contribution is 6.33. The van der Waals surface area contributed by atoms with E-state index in [9.17, 15) is 4.79 Å². The third-order valence-corrected chi connectivity index (χ3v) is 5.34. The van der Waals surface area contributed by atoms with Crippen LogP contribution < -0.4 is 10.2 Å². The smallest absolute Gasteiger partial charge is 0.321 e. The zero-order valence-corrected chi connectivity index (χ0v) is 15.2. The van der Waals surface area contributed by atoms with E-state index in [2.05, 4.69) is 10.2 Å². The summed E-state index contributed by atoms with van der Waals surface area (Å²) in [4.78, 5) is 16.8. The molecule has 1 aromatic carbocycles. The van der Waals surface area contributed by atoms with Crippen LogP contribution in [0.25, 0.3) is 0 Å². The Morgan fingerprint density at radius 2 is 1.46 bits per heavy atom. The Bertz CT molecular complexity index is 550. The van der Waals surface area contributed by atoms with Crippen molar-refractivity contribution >= 4 is 29.0 Å². The number of carbonyl (C=O) groups is 1. The number of rotatable bonds is 2. The summed E-state index contributed by atoms with van der Waals surface area (Å²) in [6.45, 7) is 3.84. The Labute approximate surface area is 150 Å². The van der Waals surface area contributed by atoms with Crippen LogP contribution in [-0.4, -0.2) is 37.1 Å². The van der Waals surface area contributed by atoms with E-state index < -0.39 is 0 Å². The summed E-state index contributed by atoms with van der Waals surface area (Å²) in [6.07, 6.45) is 9.69. The van der Waals surface area contributed by atoms with Crippen LogP contribution in [-0.2, 0) is 0 Å². The molecule has 0 unspecified atom stereocenters. The van der Waals surface area contributed by atoms with Crippen LogP contribution in [0.15, 0.2) is 18.2 Å². The number of nitrogens with one attached hydrogen (secondary N) is 1. The summed E-state index contributed by atoms with van der Waals surface area (Å²) in [5, 5.41) is 3.74. The van der Waals surface area contributed by atoms with Gasteiger partial charge < -0.3 is 15.1 Å². The Kier molecular flexibility index (Phi) is 6.24. The van der Waals surface area contributed by atoms with E-state index in [0.717, 1.165) is 55.4 Å². The van der Waals surface area contributed by atoms with Crippen LogP contribution in [0, 0.1) is 0 Å². The highest BCUT2D eigenvalue weighted by Crippen LogP contribution is 2.31. The van der Waals surface area contributed by atoms with Crippen molar-refractivity contribution in [3.63, 3.8) is 0 Å². The maximum absolute atomic E-state index is 12.5. The van der Waals surface area contributed by atoms with Gasteiger partial charge in [0.05, 0.1) is 10.7 Å². The van der Waals surface area contributed by atoms with Crippen LogP contribution in [0.5, 0.6) is 0 Å². The van der Waals surface area contributed by atoms with Crippen molar-refractivity contribution in [3.8, 4) is 0 Å². The molecule has 0 saturated carbocycles. The summed E-state index contributed by atoms with van der Waals surface area (Å²) < 4.78 is 0. The molecule has 2 aliphatic rings. The van der Waals surface area contributed by atoms with Crippen LogP contribution in [0.1, 0.15) is 51.4 Å². The Morgan fingerprint density at radius 3 is 2.12 bits per heavy atom. The lowest BCUT2D eigenvalue weighted by atomic mass is 10.1. The van der Waals surface area contributed by atoms with Crippen LogP contribution in [0.3, 0.4) is 0 Å². The first-order chi connectivity index (χ1) is 11.7. The second-order valence-electron chi connectivity index (χ2n) is 6.90. The van der Waals surface area contributed by atoms with Crippen molar-refractivity contribution in [1.29, 1.82) is 0 Å². The number of halogens is 1. The zero-order valence-electron chi connectivity index (χ0n) is 14.4. The van der Waals surface area contributed by atoms with Crippen molar-refractivity contribution in [2.45, 2.75) is 51.4 Å². The fourth-order valence-corrected chi connectivity index (χ4v) is 3.93. The summed E-state index contributed by atoms with van der Waals surface area (Å²) in [5.74, 6) is 0. The topological polar surface area (TPSA) is 35.6 Å². The molecule has 0 spiro atoms. The lowest BCUT2D eigenvalue weighted by molar-refractivity contribution is 0.206. The van der Waals surface area contributed by atoms with Gasteiger partial charge >= 0.3 is 6.03 Å². The average Bonchev–Trinajstić information content (AvgIpc) is 2.55. The van der Waals surface area contributed by atoms with E-state index in [1.807, 2.05) is 23.1 Å². The number of hydrogen-bond donors (Lipinski definition) is 1. The number of carbonyl (C=O) groups excluding carboxylic acids is 1.